The van der Waals surface area contributed by atoms with Gasteiger partial charge in [-0.25, -0.2) is 15.0 Å². The van der Waals surface area contributed by atoms with Gasteiger partial charge in [0.2, 0.25) is 0 Å². The van der Waals surface area contributed by atoms with E-state index in [-0.39, 0.29) is 6.04 Å². The van der Waals surface area contributed by atoms with Crippen LogP contribution in [0.15, 0.2) is 25.0 Å². The summed E-state index contributed by atoms with van der Waals surface area (Å²) in [5.41, 5.74) is 1.06. The Hall–Kier alpha value is -1.82. The molecular formula is C11H16N6. The van der Waals surface area contributed by atoms with Gasteiger partial charge in [-0.2, -0.15) is 5.10 Å². The fourth-order valence-electron chi connectivity index (χ4n) is 1.77. The molecule has 2 heterocycles. The summed E-state index contributed by atoms with van der Waals surface area (Å²) in [7, 11) is 1.92. The second-order valence-electron chi connectivity index (χ2n) is 3.71. The number of aromatic nitrogens is 5. The average molecular weight is 232 g/mol. The lowest BCUT2D eigenvalue weighted by atomic mass is 10.1. The van der Waals surface area contributed by atoms with Crippen LogP contribution >= 0.6 is 0 Å². The van der Waals surface area contributed by atoms with Crippen molar-refractivity contribution in [2.24, 2.45) is 0 Å². The molecule has 6 nitrogen and oxygen atoms in total. The molecule has 2 aromatic rings. The van der Waals surface area contributed by atoms with Crippen molar-refractivity contribution < 1.29 is 0 Å². The Kier molecular flexibility index (Phi) is 3.77. The van der Waals surface area contributed by atoms with E-state index in [1.54, 1.807) is 6.33 Å². The largest absolute Gasteiger partial charge is 0.313 e. The molecule has 0 aliphatic heterocycles. The van der Waals surface area contributed by atoms with Crippen molar-refractivity contribution in [1.29, 1.82) is 0 Å². The highest BCUT2D eigenvalue weighted by Gasteiger charge is 2.14. The summed E-state index contributed by atoms with van der Waals surface area (Å²) in [5, 5.41) is 7.41. The van der Waals surface area contributed by atoms with Crippen molar-refractivity contribution in [3.8, 4) is 0 Å². The van der Waals surface area contributed by atoms with Crippen LogP contribution in [0.4, 0.5) is 0 Å². The van der Waals surface area contributed by atoms with Crippen molar-refractivity contribution in [2.75, 3.05) is 7.05 Å². The number of rotatable bonds is 5. The molecule has 0 aliphatic carbocycles. The molecular weight excluding hydrogens is 216 g/mol. The van der Waals surface area contributed by atoms with Crippen LogP contribution in [0.2, 0.25) is 0 Å². The summed E-state index contributed by atoms with van der Waals surface area (Å²) >= 11 is 0. The van der Waals surface area contributed by atoms with Crippen LogP contribution in [-0.4, -0.2) is 31.8 Å². The van der Waals surface area contributed by atoms with Crippen LogP contribution in [-0.2, 0) is 13.0 Å². The van der Waals surface area contributed by atoms with Crippen molar-refractivity contribution in [3.05, 3.63) is 36.4 Å². The minimum atomic E-state index is 0.158. The molecule has 0 spiro atoms. The third-order valence-corrected chi connectivity index (χ3v) is 2.71. The summed E-state index contributed by atoms with van der Waals surface area (Å²) in [6.45, 7) is 2.88. The Morgan fingerprint density at radius 2 is 2.06 bits per heavy atom. The van der Waals surface area contributed by atoms with E-state index in [1.165, 1.54) is 6.33 Å². The SMILES string of the molecule is CCn1ncnc1CC(NC)c1cncnc1. The van der Waals surface area contributed by atoms with Gasteiger partial charge in [0.25, 0.3) is 0 Å². The molecule has 0 bridgehead atoms. The normalized spacial score (nSPS) is 12.6. The molecule has 2 aromatic heterocycles. The van der Waals surface area contributed by atoms with Gasteiger partial charge in [0.1, 0.15) is 18.5 Å². The number of hydrogen-bond acceptors (Lipinski definition) is 5. The fourth-order valence-corrected chi connectivity index (χ4v) is 1.77. The average Bonchev–Trinajstić information content (AvgIpc) is 2.84. The Bertz CT molecular complexity index is 452. The van der Waals surface area contributed by atoms with Crippen molar-refractivity contribution >= 4 is 0 Å². The van der Waals surface area contributed by atoms with Crippen LogP contribution in [0.25, 0.3) is 0 Å². The standard InChI is InChI=1S/C11H16N6/c1-3-17-11(15-8-16-17)4-10(12-2)9-5-13-7-14-6-9/h5-8,10,12H,3-4H2,1-2H3. The zero-order valence-corrected chi connectivity index (χ0v) is 10.0. The topological polar surface area (TPSA) is 68.5 Å². The highest BCUT2D eigenvalue weighted by atomic mass is 15.3. The summed E-state index contributed by atoms with van der Waals surface area (Å²) < 4.78 is 1.90. The Morgan fingerprint density at radius 3 is 2.71 bits per heavy atom. The predicted octanol–water partition coefficient (Wildman–Crippen LogP) is 0.591. The highest BCUT2D eigenvalue weighted by molar-refractivity contribution is 5.11. The Morgan fingerprint density at radius 1 is 1.29 bits per heavy atom. The molecule has 1 atom stereocenters. The fraction of sp³-hybridized carbons (Fsp3) is 0.455. The molecule has 17 heavy (non-hydrogen) atoms. The molecule has 1 N–H and O–H groups in total. The second kappa shape index (κ2) is 5.49. The molecule has 1 unspecified atom stereocenters. The molecule has 0 amide bonds. The quantitative estimate of drug-likeness (QED) is 0.817. The van der Waals surface area contributed by atoms with E-state index in [2.05, 4.69) is 32.3 Å². The van der Waals surface area contributed by atoms with Gasteiger partial charge in [0, 0.05) is 37.0 Å². The van der Waals surface area contributed by atoms with E-state index >= 15 is 0 Å². The van der Waals surface area contributed by atoms with Gasteiger partial charge in [-0.05, 0) is 14.0 Å². The van der Waals surface area contributed by atoms with Crippen LogP contribution in [0.1, 0.15) is 24.4 Å². The predicted molar refractivity (Wildman–Crippen MR) is 63.2 cm³/mol. The summed E-state index contributed by atoms with van der Waals surface area (Å²) in [5.74, 6) is 0.968. The molecule has 0 aliphatic rings. The van der Waals surface area contributed by atoms with E-state index in [9.17, 15) is 0 Å². The third-order valence-electron chi connectivity index (χ3n) is 2.71. The molecule has 6 heteroatoms. The van der Waals surface area contributed by atoms with E-state index in [1.807, 2.05) is 24.1 Å². The number of hydrogen-bond donors (Lipinski definition) is 1. The number of likely N-dealkylation sites (N-methyl/N-ethyl adjacent to an activating group) is 1. The first-order chi connectivity index (χ1) is 8.35. The molecule has 90 valence electrons. The van der Waals surface area contributed by atoms with E-state index < -0.39 is 0 Å². The van der Waals surface area contributed by atoms with Crippen LogP contribution in [0.3, 0.4) is 0 Å². The lowest BCUT2D eigenvalue weighted by molar-refractivity contribution is 0.531. The number of nitrogens with zero attached hydrogens (tertiary/aromatic N) is 5. The first kappa shape index (κ1) is 11.7. The van der Waals surface area contributed by atoms with Gasteiger partial charge >= 0.3 is 0 Å². The van der Waals surface area contributed by atoms with E-state index in [4.69, 9.17) is 0 Å². The van der Waals surface area contributed by atoms with Crippen LogP contribution in [0, 0.1) is 0 Å². The maximum atomic E-state index is 4.27. The summed E-state index contributed by atoms with van der Waals surface area (Å²) in [6.07, 6.45) is 7.54. The van der Waals surface area contributed by atoms with Gasteiger partial charge < -0.3 is 5.32 Å². The van der Waals surface area contributed by atoms with Gasteiger partial charge in [-0.3, -0.25) is 4.68 Å². The molecule has 0 saturated carbocycles. The van der Waals surface area contributed by atoms with E-state index in [0.29, 0.717) is 0 Å². The zero-order chi connectivity index (χ0) is 12.1. The second-order valence-corrected chi connectivity index (χ2v) is 3.71. The van der Waals surface area contributed by atoms with E-state index in [0.717, 1.165) is 24.4 Å². The maximum Gasteiger partial charge on any atom is 0.138 e. The Balaban J connectivity index is 2.16. The summed E-state index contributed by atoms with van der Waals surface area (Å²) in [6, 6.07) is 0.158. The Labute approximate surface area is 100 Å². The molecule has 0 fully saturated rings. The monoisotopic (exact) mass is 232 g/mol. The molecule has 2 rings (SSSR count). The van der Waals surface area contributed by atoms with Crippen molar-refractivity contribution in [1.82, 2.24) is 30.0 Å². The van der Waals surface area contributed by atoms with Crippen molar-refractivity contribution in [2.45, 2.75) is 25.9 Å². The lowest BCUT2D eigenvalue weighted by Crippen LogP contribution is -2.21. The smallest absolute Gasteiger partial charge is 0.138 e. The minimum Gasteiger partial charge on any atom is -0.313 e. The van der Waals surface area contributed by atoms with Crippen LogP contribution < -0.4 is 5.32 Å². The first-order valence-electron chi connectivity index (χ1n) is 5.64. The lowest BCUT2D eigenvalue weighted by Gasteiger charge is -2.15. The number of aryl methyl sites for hydroxylation is 1. The summed E-state index contributed by atoms with van der Waals surface area (Å²) in [4.78, 5) is 12.3. The van der Waals surface area contributed by atoms with Gasteiger partial charge in [-0.15, -0.1) is 0 Å². The third kappa shape index (κ3) is 2.65. The molecule has 0 saturated heterocycles. The van der Waals surface area contributed by atoms with Gasteiger partial charge in [0.05, 0.1) is 0 Å². The highest BCUT2D eigenvalue weighted by Crippen LogP contribution is 2.14. The number of nitrogens with one attached hydrogen (secondary N) is 1. The van der Waals surface area contributed by atoms with Crippen molar-refractivity contribution in [3.63, 3.8) is 0 Å². The molecule has 0 radical (unpaired) electrons. The zero-order valence-electron chi connectivity index (χ0n) is 10.0. The molecule has 0 aromatic carbocycles. The van der Waals surface area contributed by atoms with Crippen LogP contribution in [0.5, 0.6) is 0 Å². The van der Waals surface area contributed by atoms with Gasteiger partial charge in [-0.1, -0.05) is 0 Å². The first-order valence-corrected chi connectivity index (χ1v) is 5.64. The minimum absolute atomic E-state index is 0.158. The maximum absolute atomic E-state index is 4.27. The van der Waals surface area contributed by atoms with Gasteiger partial charge in [0.15, 0.2) is 0 Å².